The molecule has 0 aliphatic carbocycles. The fourth-order valence-corrected chi connectivity index (χ4v) is 4.19. The molecule has 0 bridgehead atoms. The van der Waals surface area contributed by atoms with Crippen molar-refractivity contribution in [1.29, 1.82) is 0 Å². The molecule has 0 saturated carbocycles. The van der Waals surface area contributed by atoms with Crippen LogP contribution in [-0.2, 0) is 14.9 Å². The van der Waals surface area contributed by atoms with Gasteiger partial charge in [-0.05, 0) is 69.3 Å². The van der Waals surface area contributed by atoms with Gasteiger partial charge in [0.25, 0.3) is 0 Å². The van der Waals surface area contributed by atoms with Gasteiger partial charge in [-0.25, -0.2) is 4.39 Å². The van der Waals surface area contributed by atoms with Crippen LogP contribution >= 0.6 is 0 Å². The summed E-state index contributed by atoms with van der Waals surface area (Å²) in [7, 11) is 1.98. The number of benzene rings is 1. The summed E-state index contributed by atoms with van der Waals surface area (Å²) in [5, 5.41) is 3.21. The molecule has 2 fully saturated rings. The summed E-state index contributed by atoms with van der Waals surface area (Å²) in [6.07, 6.45) is 4.68. The van der Waals surface area contributed by atoms with Crippen LogP contribution in [0.15, 0.2) is 24.3 Å². The smallest absolute Gasteiger partial charge is 0.233 e. The molecule has 0 atom stereocenters. The van der Waals surface area contributed by atoms with Crippen LogP contribution in [0.4, 0.5) is 4.39 Å². The molecule has 2 aliphatic rings. The van der Waals surface area contributed by atoms with Gasteiger partial charge in [0.05, 0.1) is 5.41 Å². The van der Waals surface area contributed by atoms with E-state index < -0.39 is 5.41 Å². The molecule has 1 N–H and O–H groups in total. The third-order valence-corrected chi connectivity index (χ3v) is 5.86. The summed E-state index contributed by atoms with van der Waals surface area (Å²) in [4.78, 5) is 15.5. The van der Waals surface area contributed by atoms with Gasteiger partial charge in [0.15, 0.2) is 0 Å². The minimum absolute atomic E-state index is 0.203. The van der Waals surface area contributed by atoms with Gasteiger partial charge in [-0.3, -0.25) is 4.79 Å². The van der Waals surface area contributed by atoms with Crippen LogP contribution in [0.5, 0.6) is 0 Å². The molecule has 0 unspecified atom stereocenters. The lowest BCUT2D eigenvalue weighted by Crippen LogP contribution is -2.52. The maximum atomic E-state index is 13.4. The summed E-state index contributed by atoms with van der Waals surface area (Å²) in [5.41, 5.74) is 0.378. The molecule has 0 aromatic heterocycles. The molecule has 5 heteroatoms. The van der Waals surface area contributed by atoms with Crippen molar-refractivity contribution in [3.05, 3.63) is 35.6 Å². The monoisotopic (exact) mass is 348 g/mol. The summed E-state index contributed by atoms with van der Waals surface area (Å²) < 4.78 is 18.9. The highest BCUT2D eigenvalue weighted by Crippen LogP contribution is 2.38. The Hall–Kier alpha value is -1.46. The number of amides is 1. The minimum Gasteiger partial charge on any atom is -0.381 e. The zero-order chi connectivity index (χ0) is 17.7. The van der Waals surface area contributed by atoms with Gasteiger partial charge in [0.2, 0.25) is 5.91 Å². The molecule has 2 saturated heterocycles. The van der Waals surface area contributed by atoms with Gasteiger partial charge in [0, 0.05) is 26.3 Å². The van der Waals surface area contributed by atoms with Gasteiger partial charge in [0.1, 0.15) is 5.82 Å². The zero-order valence-electron chi connectivity index (χ0n) is 15.1. The van der Waals surface area contributed by atoms with Crippen LogP contribution in [-0.4, -0.2) is 50.7 Å². The van der Waals surface area contributed by atoms with Crippen LogP contribution in [0.25, 0.3) is 0 Å². The summed E-state index contributed by atoms with van der Waals surface area (Å²) in [5.74, 6) is 0.645. The highest BCUT2D eigenvalue weighted by Gasteiger charge is 2.44. The molecule has 2 aliphatic heterocycles. The Morgan fingerprint density at radius 2 is 1.88 bits per heavy atom. The van der Waals surface area contributed by atoms with E-state index in [-0.39, 0.29) is 11.7 Å². The molecular formula is C20H29FN2O2. The predicted molar refractivity (Wildman–Crippen MR) is 96.0 cm³/mol. The number of hydrogen-bond acceptors (Lipinski definition) is 3. The van der Waals surface area contributed by atoms with Gasteiger partial charge < -0.3 is 15.0 Å². The first-order chi connectivity index (χ1) is 12.2. The molecule has 1 amide bonds. The largest absolute Gasteiger partial charge is 0.381 e. The second-order valence-corrected chi connectivity index (χ2v) is 7.33. The van der Waals surface area contributed by atoms with Crippen molar-refractivity contribution in [1.82, 2.24) is 10.2 Å². The Morgan fingerprint density at radius 1 is 1.24 bits per heavy atom. The standard InChI is InChI=1S/C20H29FN2O2/c1-22-11-6-16-7-12-23(13-8-16)19(24)20(9-14-25-15-10-20)17-2-4-18(21)5-3-17/h2-5,16,22H,6-15H2,1H3. The Morgan fingerprint density at radius 3 is 2.48 bits per heavy atom. The van der Waals surface area contributed by atoms with Crippen LogP contribution in [0.3, 0.4) is 0 Å². The van der Waals surface area contributed by atoms with Gasteiger partial charge >= 0.3 is 0 Å². The molecule has 3 rings (SSSR count). The van der Waals surface area contributed by atoms with E-state index in [9.17, 15) is 9.18 Å². The van der Waals surface area contributed by atoms with E-state index in [1.54, 1.807) is 12.1 Å². The molecule has 4 nitrogen and oxygen atoms in total. The number of likely N-dealkylation sites (tertiary alicyclic amines) is 1. The molecule has 1 aromatic carbocycles. The molecule has 1 aromatic rings. The quantitative estimate of drug-likeness (QED) is 0.890. The highest BCUT2D eigenvalue weighted by atomic mass is 19.1. The van der Waals surface area contributed by atoms with Crippen molar-refractivity contribution in [2.45, 2.75) is 37.5 Å². The molecule has 0 spiro atoms. The maximum absolute atomic E-state index is 13.4. The van der Waals surface area contributed by atoms with Crippen molar-refractivity contribution in [3.8, 4) is 0 Å². The summed E-state index contributed by atoms with van der Waals surface area (Å²) >= 11 is 0. The number of carbonyl (C=O) groups excluding carboxylic acids is 1. The number of carbonyl (C=O) groups is 1. The van der Waals surface area contributed by atoms with E-state index >= 15 is 0 Å². The van der Waals surface area contributed by atoms with Crippen molar-refractivity contribution < 1.29 is 13.9 Å². The Bertz CT molecular complexity index is 562. The lowest BCUT2D eigenvalue weighted by molar-refractivity contribution is -0.142. The van der Waals surface area contributed by atoms with Crippen molar-refractivity contribution in [3.63, 3.8) is 0 Å². The highest BCUT2D eigenvalue weighted by molar-refractivity contribution is 5.88. The SMILES string of the molecule is CNCCC1CCN(C(=O)C2(c3ccc(F)cc3)CCOCC2)CC1. The average molecular weight is 348 g/mol. The Balaban J connectivity index is 1.73. The first-order valence-corrected chi connectivity index (χ1v) is 9.43. The van der Waals surface area contributed by atoms with E-state index in [1.165, 1.54) is 18.6 Å². The molecular weight excluding hydrogens is 319 g/mol. The van der Waals surface area contributed by atoms with Gasteiger partial charge in [-0.15, -0.1) is 0 Å². The van der Waals surface area contributed by atoms with E-state index in [4.69, 9.17) is 4.74 Å². The van der Waals surface area contributed by atoms with Crippen molar-refractivity contribution >= 4 is 5.91 Å². The number of hydrogen-bond donors (Lipinski definition) is 1. The zero-order valence-corrected chi connectivity index (χ0v) is 15.1. The fourth-order valence-electron chi connectivity index (χ4n) is 4.19. The lowest BCUT2D eigenvalue weighted by Gasteiger charge is -2.42. The van der Waals surface area contributed by atoms with Crippen LogP contribution in [0.1, 0.15) is 37.7 Å². The molecule has 0 radical (unpaired) electrons. The van der Waals surface area contributed by atoms with Crippen LogP contribution in [0, 0.1) is 11.7 Å². The molecule has 2 heterocycles. The lowest BCUT2D eigenvalue weighted by atomic mass is 9.72. The average Bonchev–Trinajstić information content (AvgIpc) is 2.67. The maximum Gasteiger partial charge on any atom is 0.233 e. The Kier molecular flexibility index (Phi) is 6.07. The van der Waals surface area contributed by atoms with Crippen LogP contribution in [0.2, 0.25) is 0 Å². The normalized spacial score (nSPS) is 21.3. The van der Waals surface area contributed by atoms with Gasteiger partial charge in [-0.1, -0.05) is 12.1 Å². The number of halogens is 1. The molecule has 25 heavy (non-hydrogen) atoms. The van der Waals surface area contributed by atoms with E-state index in [2.05, 4.69) is 5.32 Å². The van der Waals surface area contributed by atoms with Crippen molar-refractivity contribution in [2.24, 2.45) is 5.92 Å². The third kappa shape index (κ3) is 4.04. The number of rotatable bonds is 5. The third-order valence-electron chi connectivity index (χ3n) is 5.86. The number of ether oxygens (including phenoxy) is 1. The second kappa shape index (κ2) is 8.28. The predicted octanol–water partition coefficient (Wildman–Crippen LogP) is 2.72. The number of nitrogens with one attached hydrogen (secondary N) is 1. The summed E-state index contributed by atoms with van der Waals surface area (Å²) in [6, 6.07) is 6.48. The number of piperidine rings is 1. The second-order valence-electron chi connectivity index (χ2n) is 7.33. The van der Waals surface area contributed by atoms with E-state index in [0.717, 1.165) is 38.0 Å². The topological polar surface area (TPSA) is 41.6 Å². The first-order valence-electron chi connectivity index (χ1n) is 9.43. The Labute approximate surface area is 149 Å². The van der Waals surface area contributed by atoms with E-state index in [0.29, 0.717) is 32.0 Å². The summed E-state index contributed by atoms with van der Waals surface area (Å²) in [6.45, 7) is 3.87. The fraction of sp³-hybridized carbons (Fsp3) is 0.650. The van der Waals surface area contributed by atoms with Gasteiger partial charge in [-0.2, -0.15) is 0 Å². The van der Waals surface area contributed by atoms with Crippen molar-refractivity contribution in [2.75, 3.05) is 39.9 Å². The number of nitrogens with zero attached hydrogens (tertiary/aromatic N) is 1. The minimum atomic E-state index is -0.552. The van der Waals surface area contributed by atoms with E-state index in [1.807, 2.05) is 11.9 Å². The van der Waals surface area contributed by atoms with Crippen LogP contribution < -0.4 is 5.32 Å². The first kappa shape index (κ1) is 18.3. The molecule has 138 valence electrons.